The summed E-state index contributed by atoms with van der Waals surface area (Å²) in [4.78, 5) is 22.4. The topological polar surface area (TPSA) is 53.4 Å². The number of likely N-dealkylation sites (tertiary alicyclic amines) is 2. The smallest absolute Gasteiger partial charge is 0.274 e. The minimum atomic E-state index is 0. The molecule has 8 heteroatoms. The van der Waals surface area contributed by atoms with Gasteiger partial charge in [0, 0.05) is 63.8 Å². The summed E-state index contributed by atoms with van der Waals surface area (Å²) in [6, 6.07) is 9.09. The quantitative estimate of drug-likeness (QED) is 0.761. The zero-order valence-electron chi connectivity index (χ0n) is 17.6. The summed E-state index contributed by atoms with van der Waals surface area (Å²) in [6.07, 6.45) is 2.85. The average molecular weight is 452 g/mol. The van der Waals surface area contributed by atoms with E-state index in [-0.39, 0.29) is 30.7 Å². The lowest BCUT2D eigenvalue weighted by Crippen LogP contribution is -2.33. The fourth-order valence-electron chi connectivity index (χ4n) is 5.45. The maximum atomic E-state index is 13.2. The Balaban J connectivity index is 0.00000128. The summed E-state index contributed by atoms with van der Waals surface area (Å²) in [6.45, 7) is 7.69. The molecule has 1 amide bonds. The Morgan fingerprint density at radius 3 is 2.73 bits per heavy atom. The van der Waals surface area contributed by atoms with Crippen molar-refractivity contribution in [2.45, 2.75) is 25.9 Å². The third kappa shape index (κ3) is 3.98. The van der Waals surface area contributed by atoms with Crippen LogP contribution < -0.4 is 5.32 Å². The van der Waals surface area contributed by atoms with Gasteiger partial charge in [0.2, 0.25) is 0 Å². The maximum absolute atomic E-state index is 13.2. The van der Waals surface area contributed by atoms with Gasteiger partial charge in [0.25, 0.3) is 5.91 Å². The molecule has 2 saturated heterocycles. The van der Waals surface area contributed by atoms with Crippen LogP contribution in [0.25, 0.3) is 0 Å². The molecule has 2 aromatic rings. The van der Waals surface area contributed by atoms with E-state index in [9.17, 15) is 4.79 Å². The van der Waals surface area contributed by atoms with E-state index >= 15 is 0 Å². The van der Waals surface area contributed by atoms with E-state index in [1.807, 2.05) is 11.1 Å². The lowest BCUT2D eigenvalue weighted by atomic mass is 9.88. The van der Waals surface area contributed by atoms with Crippen LogP contribution in [0, 0.1) is 18.8 Å². The number of aromatic nitrogens is 2. The summed E-state index contributed by atoms with van der Waals surface area (Å²) in [5.41, 5.74) is 3.38. The molecule has 1 aromatic carbocycles. The van der Waals surface area contributed by atoms with Crippen LogP contribution in [-0.4, -0.2) is 65.0 Å². The number of rotatable bonds is 2. The fourth-order valence-corrected chi connectivity index (χ4v) is 5.45. The van der Waals surface area contributed by atoms with Gasteiger partial charge in [-0.05, 0) is 31.0 Å². The van der Waals surface area contributed by atoms with E-state index in [4.69, 9.17) is 0 Å². The van der Waals surface area contributed by atoms with Crippen LogP contribution in [0.5, 0.6) is 0 Å². The molecule has 3 aliphatic heterocycles. The number of hydrogen-bond acceptors (Lipinski definition) is 4. The Morgan fingerprint density at radius 1 is 1.13 bits per heavy atom. The number of imidazole rings is 1. The molecule has 1 N–H and O–H groups in total. The van der Waals surface area contributed by atoms with Crippen LogP contribution >= 0.6 is 24.8 Å². The van der Waals surface area contributed by atoms with Crippen molar-refractivity contribution in [3.8, 4) is 0 Å². The first-order valence-corrected chi connectivity index (χ1v) is 10.4. The Hall–Kier alpha value is -1.60. The Morgan fingerprint density at radius 2 is 1.93 bits per heavy atom. The van der Waals surface area contributed by atoms with Crippen LogP contribution in [0.2, 0.25) is 0 Å². The second-order valence-corrected chi connectivity index (χ2v) is 8.61. The summed E-state index contributed by atoms with van der Waals surface area (Å²) in [7, 11) is 2.22. The predicted molar refractivity (Wildman–Crippen MR) is 123 cm³/mol. The molecule has 2 fully saturated rings. The number of aryl methyl sites for hydroxylation is 1. The first kappa shape index (κ1) is 23.1. The van der Waals surface area contributed by atoms with Crippen LogP contribution in [0.15, 0.2) is 30.5 Å². The van der Waals surface area contributed by atoms with Gasteiger partial charge in [-0.2, -0.15) is 0 Å². The maximum Gasteiger partial charge on any atom is 0.274 e. The van der Waals surface area contributed by atoms with Crippen molar-refractivity contribution in [1.82, 2.24) is 24.7 Å². The molecule has 0 bridgehead atoms. The highest BCUT2D eigenvalue weighted by molar-refractivity contribution is 5.92. The summed E-state index contributed by atoms with van der Waals surface area (Å²) < 4.78 is 2.15. The number of amides is 1. The minimum absolute atomic E-state index is 0. The third-order valence-electron chi connectivity index (χ3n) is 6.82. The lowest BCUT2D eigenvalue weighted by Gasteiger charge is -2.27. The highest BCUT2D eigenvalue weighted by Gasteiger charge is 2.47. The molecule has 0 saturated carbocycles. The van der Waals surface area contributed by atoms with Crippen molar-refractivity contribution in [3.05, 3.63) is 53.1 Å². The van der Waals surface area contributed by atoms with Crippen molar-refractivity contribution in [2.75, 3.05) is 39.8 Å². The van der Waals surface area contributed by atoms with Crippen molar-refractivity contribution >= 4 is 30.7 Å². The van der Waals surface area contributed by atoms with E-state index in [0.29, 0.717) is 23.6 Å². The average Bonchev–Trinajstić information content (AvgIpc) is 3.30. The number of fused-ring (bicyclic) bond motifs is 2. The molecule has 6 nitrogen and oxygen atoms in total. The molecule has 3 atom stereocenters. The Labute approximate surface area is 190 Å². The largest absolute Gasteiger partial charge is 0.337 e. The third-order valence-corrected chi connectivity index (χ3v) is 6.82. The molecule has 0 unspecified atom stereocenters. The summed E-state index contributed by atoms with van der Waals surface area (Å²) in [5, 5.41) is 3.38. The van der Waals surface area contributed by atoms with Crippen molar-refractivity contribution in [3.63, 3.8) is 0 Å². The molecule has 0 aliphatic carbocycles. The highest BCUT2D eigenvalue weighted by Crippen LogP contribution is 2.45. The lowest BCUT2D eigenvalue weighted by molar-refractivity contribution is 0.0762. The molecule has 164 valence electrons. The van der Waals surface area contributed by atoms with E-state index in [2.05, 4.69) is 58.0 Å². The first-order valence-electron chi connectivity index (χ1n) is 10.4. The zero-order chi connectivity index (χ0) is 19.3. The predicted octanol–water partition coefficient (Wildman–Crippen LogP) is 2.56. The van der Waals surface area contributed by atoms with Gasteiger partial charge in [0.1, 0.15) is 11.5 Å². The molecule has 3 aliphatic rings. The van der Waals surface area contributed by atoms with Crippen LogP contribution in [0.4, 0.5) is 0 Å². The Kier molecular flexibility index (Phi) is 7.13. The SMILES string of the molecule is Cc1ccccc1[C@H]1[C@@H]2CN(C(=O)c3cn4c(n3)CCNCC4)C[C@@H]2CN1C.Cl.Cl. The van der Waals surface area contributed by atoms with Gasteiger partial charge in [-0.25, -0.2) is 4.98 Å². The highest BCUT2D eigenvalue weighted by atomic mass is 35.5. The number of nitrogens with one attached hydrogen (secondary N) is 1. The van der Waals surface area contributed by atoms with Gasteiger partial charge in [-0.1, -0.05) is 24.3 Å². The van der Waals surface area contributed by atoms with E-state index in [1.54, 1.807) is 0 Å². The van der Waals surface area contributed by atoms with Crippen LogP contribution in [0.1, 0.15) is 33.5 Å². The molecule has 0 spiro atoms. The minimum Gasteiger partial charge on any atom is -0.337 e. The molecule has 30 heavy (non-hydrogen) atoms. The van der Waals surface area contributed by atoms with Crippen LogP contribution in [-0.2, 0) is 13.0 Å². The monoisotopic (exact) mass is 451 g/mol. The normalized spacial score (nSPS) is 25.7. The van der Waals surface area contributed by atoms with Gasteiger partial charge < -0.3 is 14.8 Å². The zero-order valence-corrected chi connectivity index (χ0v) is 19.2. The fraction of sp³-hybridized carbons (Fsp3) is 0.545. The molecule has 5 rings (SSSR count). The number of carbonyl (C=O) groups excluding carboxylic acids is 1. The number of nitrogens with zero attached hydrogens (tertiary/aromatic N) is 4. The van der Waals surface area contributed by atoms with Gasteiger partial charge in [0.05, 0.1) is 0 Å². The van der Waals surface area contributed by atoms with Gasteiger partial charge in [0.15, 0.2) is 0 Å². The summed E-state index contributed by atoms with van der Waals surface area (Å²) >= 11 is 0. The first-order chi connectivity index (χ1) is 13.6. The van der Waals surface area contributed by atoms with Gasteiger partial charge >= 0.3 is 0 Å². The number of hydrogen-bond donors (Lipinski definition) is 1. The van der Waals surface area contributed by atoms with Crippen molar-refractivity contribution < 1.29 is 4.79 Å². The second kappa shape index (κ2) is 9.27. The molecular weight excluding hydrogens is 421 g/mol. The molecule has 1 aromatic heterocycles. The Bertz CT molecular complexity index is 878. The number of carbonyl (C=O) groups is 1. The van der Waals surface area contributed by atoms with Gasteiger partial charge in [-0.15, -0.1) is 24.8 Å². The van der Waals surface area contributed by atoms with E-state index < -0.39 is 0 Å². The number of halogens is 2. The van der Waals surface area contributed by atoms with E-state index in [1.165, 1.54) is 11.1 Å². The number of benzene rings is 1. The van der Waals surface area contributed by atoms with Gasteiger partial charge in [-0.3, -0.25) is 9.69 Å². The van der Waals surface area contributed by atoms with Crippen molar-refractivity contribution in [2.24, 2.45) is 11.8 Å². The molecular formula is C22H31Cl2N5O. The summed E-state index contributed by atoms with van der Waals surface area (Å²) in [5.74, 6) is 2.18. The van der Waals surface area contributed by atoms with Crippen LogP contribution in [0.3, 0.4) is 0 Å². The van der Waals surface area contributed by atoms with Crippen molar-refractivity contribution in [1.29, 1.82) is 0 Å². The molecule has 0 radical (unpaired) electrons. The van der Waals surface area contributed by atoms with E-state index in [0.717, 1.165) is 51.5 Å². The standard InChI is InChI=1S/C22H29N5O.2ClH/c1-15-5-3-4-6-17(15)21-18-13-27(12-16(18)11-25(21)2)22(28)19-14-26-10-9-23-8-7-20(26)24-19;;/h3-6,14,16,18,21,23H,7-13H2,1-2H3;2*1H/t16-,18+,21-;;/m0../s1. The molecule has 4 heterocycles. The second-order valence-electron chi connectivity index (χ2n) is 8.61.